The first kappa shape index (κ1) is 14.8. The third-order valence-corrected chi connectivity index (χ3v) is 2.85. The second kappa shape index (κ2) is 6.58. The largest absolute Gasteiger partial charge is 0.406 e. The summed E-state index contributed by atoms with van der Waals surface area (Å²) in [6, 6.07) is 0. The first-order valence-electron chi connectivity index (χ1n) is 5.47. The highest BCUT2D eigenvalue weighted by Gasteiger charge is 2.35. The summed E-state index contributed by atoms with van der Waals surface area (Å²) in [6.07, 6.45) is -2.88. The molecule has 1 atom stereocenters. The lowest BCUT2D eigenvalue weighted by molar-refractivity contribution is -0.169. The van der Waals surface area contributed by atoms with Crippen LogP contribution in [0.15, 0.2) is 0 Å². The molecule has 3 nitrogen and oxygen atoms in total. The van der Waals surface area contributed by atoms with Crippen LogP contribution in [0.3, 0.4) is 0 Å². The van der Waals surface area contributed by atoms with E-state index in [4.69, 9.17) is 4.74 Å². The van der Waals surface area contributed by atoms with E-state index in [1.165, 1.54) is 0 Å². The van der Waals surface area contributed by atoms with Crippen molar-refractivity contribution in [1.29, 1.82) is 0 Å². The summed E-state index contributed by atoms with van der Waals surface area (Å²) in [5, 5.41) is 0.321. The van der Waals surface area contributed by atoms with Crippen LogP contribution in [0.1, 0.15) is 19.3 Å². The number of rotatable bonds is 4. The van der Waals surface area contributed by atoms with Gasteiger partial charge in [-0.1, -0.05) is 15.9 Å². The van der Waals surface area contributed by atoms with Gasteiger partial charge in [-0.3, -0.25) is 4.79 Å². The zero-order chi connectivity index (χ0) is 12.9. The number of halogens is 4. The lowest BCUT2D eigenvalue weighted by atomic mass is 10.1. The monoisotopic (exact) mass is 317 g/mol. The molecule has 0 spiro atoms. The highest BCUT2D eigenvalue weighted by atomic mass is 79.9. The van der Waals surface area contributed by atoms with E-state index in [2.05, 4.69) is 15.9 Å². The predicted octanol–water partition coefficient (Wildman–Crippen LogP) is 2.34. The number of alkyl halides is 4. The van der Waals surface area contributed by atoms with E-state index >= 15 is 0 Å². The molecule has 1 unspecified atom stereocenters. The van der Waals surface area contributed by atoms with Crippen molar-refractivity contribution in [2.75, 3.05) is 25.0 Å². The van der Waals surface area contributed by atoms with Crippen LogP contribution in [0.5, 0.6) is 0 Å². The summed E-state index contributed by atoms with van der Waals surface area (Å²) < 4.78 is 42.1. The van der Waals surface area contributed by atoms with Gasteiger partial charge in [0.05, 0.1) is 0 Å². The fourth-order valence-corrected chi connectivity index (χ4v) is 2.15. The van der Waals surface area contributed by atoms with E-state index in [1.807, 2.05) is 0 Å². The van der Waals surface area contributed by atoms with Crippen LogP contribution in [-0.2, 0) is 9.53 Å². The van der Waals surface area contributed by atoms with E-state index in [0.29, 0.717) is 18.4 Å². The SMILES string of the molecule is O=C(C1CCCCO1)N(CCBr)CC(F)(F)F. The molecule has 1 fully saturated rings. The van der Waals surface area contributed by atoms with E-state index < -0.39 is 24.7 Å². The average Bonchev–Trinajstić information content (AvgIpc) is 2.27. The Balaban J connectivity index is 2.58. The van der Waals surface area contributed by atoms with E-state index in [1.54, 1.807) is 0 Å². The van der Waals surface area contributed by atoms with E-state index in [9.17, 15) is 18.0 Å². The molecular weight excluding hydrogens is 303 g/mol. The van der Waals surface area contributed by atoms with Crippen LogP contribution in [-0.4, -0.2) is 48.1 Å². The van der Waals surface area contributed by atoms with E-state index in [-0.39, 0.29) is 6.54 Å². The molecule has 0 N–H and O–H groups in total. The maximum absolute atomic E-state index is 12.3. The zero-order valence-corrected chi connectivity index (χ0v) is 10.9. The molecule has 1 saturated heterocycles. The maximum Gasteiger partial charge on any atom is 0.406 e. The maximum atomic E-state index is 12.3. The summed E-state index contributed by atoms with van der Waals surface area (Å²) in [6.45, 7) is -0.722. The van der Waals surface area contributed by atoms with Gasteiger partial charge >= 0.3 is 6.18 Å². The molecule has 0 aromatic rings. The van der Waals surface area contributed by atoms with Gasteiger partial charge in [0.1, 0.15) is 12.6 Å². The number of hydrogen-bond donors (Lipinski definition) is 0. The minimum absolute atomic E-state index is 0.0399. The fraction of sp³-hybridized carbons (Fsp3) is 0.900. The van der Waals surface area contributed by atoms with Crippen molar-refractivity contribution in [2.24, 2.45) is 0 Å². The second-order valence-electron chi connectivity index (χ2n) is 3.92. The first-order chi connectivity index (χ1) is 7.94. The van der Waals surface area contributed by atoms with Crippen molar-refractivity contribution in [1.82, 2.24) is 4.90 Å². The molecular formula is C10H15BrF3NO2. The number of ether oxygens (including phenoxy) is 1. The molecule has 1 aliphatic heterocycles. The van der Waals surface area contributed by atoms with Gasteiger partial charge in [-0.15, -0.1) is 0 Å². The minimum Gasteiger partial charge on any atom is -0.368 e. The number of amides is 1. The van der Waals surface area contributed by atoms with Crippen molar-refractivity contribution in [2.45, 2.75) is 31.5 Å². The van der Waals surface area contributed by atoms with Crippen molar-refractivity contribution < 1.29 is 22.7 Å². The molecule has 1 aliphatic rings. The van der Waals surface area contributed by atoms with Crippen molar-refractivity contribution >= 4 is 21.8 Å². The highest BCUT2D eigenvalue weighted by Crippen LogP contribution is 2.20. The fourth-order valence-electron chi connectivity index (χ4n) is 1.72. The van der Waals surface area contributed by atoms with Crippen LogP contribution in [0.2, 0.25) is 0 Å². The minimum atomic E-state index is -4.37. The highest BCUT2D eigenvalue weighted by molar-refractivity contribution is 9.09. The molecule has 0 radical (unpaired) electrons. The third-order valence-electron chi connectivity index (χ3n) is 2.49. The molecule has 1 rings (SSSR count). The number of carbonyl (C=O) groups excluding carboxylic acids is 1. The third kappa shape index (κ3) is 5.25. The number of nitrogens with zero attached hydrogens (tertiary/aromatic N) is 1. The lowest BCUT2D eigenvalue weighted by Gasteiger charge is -2.29. The van der Waals surface area contributed by atoms with Gasteiger partial charge in [0.25, 0.3) is 5.91 Å². The molecule has 0 bridgehead atoms. The Hall–Kier alpha value is -0.300. The molecule has 0 aliphatic carbocycles. The normalized spacial score (nSPS) is 21.3. The van der Waals surface area contributed by atoms with Crippen LogP contribution in [0.4, 0.5) is 13.2 Å². The van der Waals surface area contributed by atoms with Gasteiger partial charge in [-0.25, -0.2) is 0 Å². The van der Waals surface area contributed by atoms with Crippen LogP contribution in [0.25, 0.3) is 0 Å². The standard InChI is InChI=1S/C10H15BrF3NO2/c11-4-5-15(7-10(12,13)14)9(16)8-3-1-2-6-17-8/h8H,1-7H2. The summed E-state index contributed by atoms with van der Waals surface area (Å²) in [5.74, 6) is -0.554. The first-order valence-corrected chi connectivity index (χ1v) is 6.59. The Morgan fingerprint density at radius 3 is 2.59 bits per heavy atom. The van der Waals surface area contributed by atoms with Crippen LogP contribution < -0.4 is 0 Å². The Labute approximate surface area is 106 Å². The van der Waals surface area contributed by atoms with Gasteiger partial charge < -0.3 is 9.64 Å². The van der Waals surface area contributed by atoms with Gasteiger partial charge in [-0.05, 0) is 19.3 Å². The Morgan fingerprint density at radius 1 is 1.41 bits per heavy atom. The Morgan fingerprint density at radius 2 is 2.12 bits per heavy atom. The van der Waals surface area contributed by atoms with Gasteiger partial charge in [0.15, 0.2) is 0 Å². The van der Waals surface area contributed by atoms with Crippen LogP contribution >= 0.6 is 15.9 Å². The van der Waals surface area contributed by atoms with Gasteiger partial charge in [0.2, 0.25) is 0 Å². The van der Waals surface area contributed by atoms with Crippen molar-refractivity contribution in [3.8, 4) is 0 Å². The molecule has 17 heavy (non-hydrogen) atoms. The summed E-state index contributed by atoms with van der Waals surface area (Å²) in [4.78, 5) is 12.7. The Bertz CT molecular complexity index is 254. The van der Waals surface area contributed by atoms with Crippen molar-refractivity contribution in [3.05, 3.63) is 0 Å². The lowest BCUT2D eigenvalue weighted by Crippen LogP contribution is -2.46. The summed E-state index contributed by atoms with van der Waals surface area (Å²) in [5.41, 5.74) is 0. The number of carbonyl (C=O) groups is 1. The molecule has 100 valence electrons. The predicted molar refractivity (Wildman–Crippen MR) is 60.0 cm³/mol. The number of hydrogen-bond acceptors (Lipinski definition) is 2. The van der Waals surface area contributed by atoms with E-state index in [0.717, 1.165) is 17.7 Å². The van der Waals surface area contributed by atoms with Crippen molar-refractivity contribution in [3.63, 3.8) is 0 Å². The quantitative estimate of drug-likeness (QED) is 0.745. The van der Waals surface area contributed by atoms with Gasteiger partial charge in [0, 0.05) is 18.5 Å². The average molecular weight is 318 g/mol. The molecule has 0 aromatic carbocycles. The smallest absolute Gasteiger partial charge is 0.368 e. The summed E-state index contributed by atoms with van der Waals surface area (Å²) in [7, 11) is 0. The molecule has 7 heteroatoms. The molecule has 1 amide bonds. The van der Waals surface area contributed by atoms with Gasteiger partial charge in [-0.2, -0.15) is 13.2 Å². The zero-order valence-electron chi connectivity index (χ0n) is 9.30. The van der Waals surface area contributed by atoms with Crippen LogP contribution in [0, 0.1) is 0 Å². The topological polar surface area (TPSA) is 29.5 Å². The summed E-state index contributed by atoms with van der Waals surface area (Å²) >= 11 is 3.05. The molecule has 1 heterocycles. The Kier molecular flexibility index (Phi) is 5.72. The molecule has 0 saturated carbocycles. The second-order valence-corrected chi connectivity index (χ2v) is 4.71. The molecule has 0 aromatic heterocycles.